The number of nitrogens with two attached hydrogens (primary N) is 1. The number of nitrogens with zero attached hydrogens (tertiary/aromatic N) is 2. The maximum atomic E-state index is 13.9. The van der Waals surface area contributed by atoms with E-state index >= 15 is 0 Å². The van der Waals surface area contributed by atoms with E-state index in [9.17, 15) is 13.2 Å². The van der Waals surface area contributed by atoms with E-state index in [0.717, 1.165) is 43.8 Å². The zero-order valence-corrected chi connectivity index (χ0v) is 22.6. The first kappa shape index (κ1) is 26.8. The molecule has 2 fully saturated rings. The van der Waals surface area contributed by atoms with Gasteiger partial charge in [0.1, 0.15) is 11.1 Å². The highest BCUT2D eigenvalue weighted by Gasteiger charge is 2.53. The second-order valence-electron chi connectivity index (χ2n) is 10.4. The Hall–Kier alpha value is -2.29. The lowest BCUT2D eigenvalue weighted by molar-refractivity contribution is 0.0182. The molecule has 1 atom stereocenters. The SMILES string of the molecule is CC(C)COc1ccccc1CN1CCC2(CCCN(C(N)=O)C2S(=O)(=O)c2ccc(Cl)cc2)CC1. The van der Waals surface area contributed by atoms with E-state index < -0.39 is 26.7 Å². The zero-order chi connectivity index (χ0) is 25.9. The quantitative estimate of drug-likeness (QED) is 0.544. The highest BCUT2D eigenvalue weighted by molar-refractivity contribution is 7.92. The summed E-state index contributed by atoms with van der Waals surface area (Å²) in [6.07, 6.45) is 2.82. The van der Waals surface area contributed by atoms with Crippen LogP contribution in [-0.4, -0.2) is 55.9 Å². The number of hydrogen-bond acceptors (Lipinski definition) is 5. The maximum Gasteiger partial charge on any atom is 0.315 e. The molecular formula is C27H36ClN3O4S. The van der Waals surface area contributed by atoms with Crippen molar-refractivity contribution < 1.29 is 17.9 Å². The summed E-state index contributed by atoms with van der Waals surface area (Å²) in [5, 5.41) is -0.522. The number of carbonyl (C=O) groups excluding carboxylic acids is 1. The maximum absolute atomic E-state index is 13.9. The van der Waals surface area contributed by atoms with Crippen LogP contribution in [0.5, 0.6) is 5.75 Å². The van der Waals surface area contributed by atoms with Crippen LogP contribution >= 0.6 is 11.6 Å². The molecule has 2 aliphatic rings. The molecular weight excluding hydrogens is 498 g/mol. The van der Waals surface area contributed by atoms with Gasteiger partial charge in [-0.2, -0.15) is 0 Å². The lowest BCUT2D eigenvalue weighted by Gasteiger charge is -2.52. The number of urea groups is 1. The molecule has 2 amide bonds. The van der Waals surface area contributed by atoms with Gasteiger partial charge in [-0.25, -0.2) is 13.2 Å². The smallest absolute Gasteiger partial charge is 0.315 e. The van der Waals surface area contributed by atoms with E-state index in [0.29, 0.717) is 36.9 Å². The van der Waals surface area contributed by atoms with Crippen molar-refractivity contribution in [2.24, 2.45) is 17.1 Å². The highest BCUT2D eigenvalue weighted by Crippen LogP contribution is 2.48. The monoisotopic (exact) mass is 533 g/mol. The summed E-state index contributed by atoms with van der Waals surface area (Å²) in [4.78, 5) is 16.3. The fourth-order valence-corrected chi connectivity index (χ4v) is 8.03. The number of carbonyl (C=O) groups is 1. The molecule has 7 nitrogen and oxygen atoms in total. The standard InChI is InChI=1S/C27H36ClN3O4S/c1-20(2)19-35-24-7-4-3-6-21(24)18-30-16-13-27(14-17-30)12-5-15-31(26(29)32)25(27)36(33,34)23-10-8-22(28)9-11-23/h3-4,6-11,20,25H,5,12-19H2,1-2H3,(H2,29,32). The van der Waals surface area contributed by atoms with Crippen molar-refractivity contribution in [1.82, 2.24) is 9.80 Å². The van der Waals surface area contributed by atoms with E-state index in [2.05, 4.69) is 24.8 Å². The Morgan fingerprint density at radius 3 is 2.39 bits per heavy atom. The molecule has 0 bridgehead atoms. The van der Waals surface area contributed by atoms with E-state index in [1.807, 2.05) is 18.2 Å². The third-order valence-electron chi connectivity index (χ3n) is 7.39. The Morgan fingerprint density at radius 1 is 1.08 bits per heavy atom. The summed E-state index contributed by atoms with van der Waals surface area (Å²) < 4.78 is 33.9. The number of rotatable bonds is 7. The summed E-state index contributed by atoms with van der Waals surface area (Å²) in [6.45, 7) is 7.46. The van der Waals surface area contributed by atoms with Crippen LogP contribution in [-0.2, 0) is 16.4 Å². The van der Waals surface area contributed by atoms with Crippen LogP contribution in [0.1, 0.15) is 45.1 Å². The van der Waals surface area contributed by atoms with E-state index in [1.165, 1.54) is 17.0 Å². The molecule has 1 unspecified atom stereocenters. The first-order valence-electron chi connectivity index (χ1n) is 12.6. The van der Waals surface area contributed by atoms with Gasteiger partial charge in [0.2, 0.25) is 0 Å². The zero-order valence-electron chi connectivity index (χ0n) is 21.0. The Morgan fingerprint density at radius 2 is 1.75 bits per heavy atom. The Kier molecular flexibility index (Phi) is 8.17. The molecule has 0 aliphatic carbocycles. The van der Waals surface area contributed by atoms with Gasteiger partial charge in [0.25, 0.3) is 0 Å². The molecule has 196 valence electrons. The molecule has 2 saturated heterocycles. The number of primary amides is 1. The minimum Gasteiger partial charge on any atom is -0.493 e. The number of sulfone groups is 1. The van der Waals surface area contributed by atoms with Gasteiger partial charge < -0.3 is 15.4 Å². The number of para-hydroxylation sites is 1. The summed E-state index contributed by atoms with van der Waals surface area (Å²) in [5.74, 6) is 1.33. The average molecular weight is 534 g/mol. The first-order chi connectivity index (χ1) is 17.1. The Labute approximate surface area is 219 Å². The van der Waals surface area contributed by atoms with Crippen molar-refractivity contribution in [2.75, 3.05) is 26.2 Å². The second kappa shape index (κ2) is 11.0. The van der Waals surface area contributed by atoms with Gasteiger partial charge >= 0.3 is 6.03 Å². The summed E-state index contributed by atoms with van der Waals surface area (Å²) >= 11 is 6.00. The van der Waals surface area contributed by atoms with Crippen molar-refractivity contribution in [1.29, 1.82) is 0 Å². The number of benzene rings is 2. The normalized spacial score (nSPS) is 20.6. The lowest BCUT2D eigenvalue weighted by Crippen LogP contribution is -2.61. The summed E-state index contributed by atoms with van der Waals surface area (Å²) in [7, 11) is -3.85. The van der Waals surface area contributed by atoms with E-state index in [-0.39, 0.29) is 4.90 Å². The van der Waals surface area contributed by atoms with Gasteiger partial charge in [0, 0.05) is 29.1 Å². The van der Waals surface area contributed by atoms with Gasteiger partial charge in [-0.05, 0) is 75.0 Å². The molecule has 2 aromatic rings. The largest absolute Gasteiger partial charge is 0.493 e. The van der Waals surface area contributed by atoms with Gasteiger partial charge in [-0.3, -0.25) is 4.90 Å². The molecule has 2 aromatic carbocycles. The Bertz CT molecular complexity index is 1160. The summed E-state index contributed by atoms with van der Waals surface area (Å²) in [5.41, 5.74) is 6.30. The van der Waals surface area contributed by atoms with Crippen molar-refractivity contribution in [3.8, 4) is 5.75 Å². The van der Waals surface area contributed by atoms with E-state index in [1.54, 1.807) is 12.1 Å². The highest BCUT2D eigenvalue weighted by atomic mass is 35.5. The van der Waals surface area contributed by atoms with Crippen LogP contribution in [0.25, 0.3) is 0 Å². The topological polar surface area (TPSA) is 92.9 Å². The minimum atomic E-state index is -3.85. The van der Waals surface area contributed by atoms with Crippen LogP contribution in [0, 0.1) is 11.3 Å². The molecule has 0 saturated carbocycles. The van der Waals surface area contributed by atoms with Gasteiger partial charge in [-0.15, -0.1) is 0 Å². The molecule has 2 N–H and O–H groups in total. The number of amides is 2. The van der Waals surface area contributed by atoms with Gasteiger partial charge in [0.15, 0.2) is 9.84 Å². The Balaban J connectivity index is 1.56. The van der Waals surface area contributed by atoms with Crippen LogP contribution in [0.2, 0.25) is 5.02 Å². The van der Waals surface area contributed by atoms with Crippen LogP contribution in [0.15, 0.2) is 53.4 Å². The fourth-order valence-electron chi connectivity index (χ4n) is 5.57. The third kappa shape index (κ3) is 5.66. The number of piperidine rings is 2. The predicted octanol–water partition coefficient (Wildman–Crippen LogP) is 4.93. The van der Waals surface area contributed by atoms with Crippen LogP contribution in [0.4, 0.5) is 4.79 Å². The van der Waals surface area contributed by atoms with Crippen molar-refractivity contribution in [2.45, 2.75) is 56.3 Å². The van der Waals surface area contributed by atoms with Crippen LogP contribution < -0.4 is 10.5 Å². The van der Waals surface area contributed by atoms with Crippen molar-refractivity contribution in [3.63, 3.8) is 0 Å². The van der Waals surface area contributed by atoms with Gasteiger partial charge in [0.05, 0.1) is 11.5 Å². The molecule has 9 heteroatoms. The number of hydrogen-bond donors (Lipinski definition) is 1. The van der Waals surface area contributed by atoms with Crippen LogP contribution in [0.3, 0.4) is 0 Å². The molecule has 0 radical (unpaired) electrons. The molecule has 0 aromatic heterocycles. The molecule has 4 rings (SSSR count). The first-order valence-corrected chi connectivity index (χ1v) is 14.5. The van der Waals surface area contributed by atoms with Gasteiger partial charge in [-0.1, -0.05) is 43.6 Å². The third-order valence-corrected chi connectivity index (χ3v) is 9.91. The number of likely N-dealkylation sites (tertiary alicyclic amines) is 2. The molecule has 2 heterocycles. The summed E-state index contributed by atoms with van der Waals surface area (Å²) in [6, 6.07) is 13.6. The number of halogens is 1. The molecule has 1 spiro atoms. The van der Waals surface area contributed by atoms with Crippen molar-refractivity contribution >= 4 is 27.5 Å². The molecule has 36 heavy (non-hydrogen) atoms. The second-order valence-corrected chi connectivity index (χ2v) is 12.9. The number of ether oxygens (including phenoxy) is 1. The molecule has 2 aliphatic heterocycles. The average Bonchev–Trinajstić information content (AvgIpc) is 2.85. The fraction of sp³-hybridized carbons (Fsp3) is 0.519. The van der Waals surface area contributed by atoms with E-state index in [4.69, 9.17) is 22.1 Å². The predicted molar refractivity (Wildman–Crippen MR) is 142 cm³/mol. The minimum absolute atomic E-state index is 0.170. The van der Waals surface area contributed by atoms with Crippen molar-refractivity contribution in [3.05, 3.63) is 59.1 Å². The lowest BCUT2D eigenvalue weighted by atomic mass is 9.72.